The van der Waals surface area contributed by atoms with Crippen molar-refractivity contribution in [1.29, 1.82) is 0 Å². The SMILES string of the molecule is O=c1[nH]ccnc1C1CCOC1. The minimum absolute atomic E-state index is 0.0898. The maximum atomic E-state index is 11.2. The Balaban J connectivity index is 2.32. The van der Waals surface area contributed by atoms with E-state index in [1.54, 1.807) is 12.4 Å². The average molecular weight is 166 g/mol. The van der Waals surface area contributed by atoms with Crippen LogP contribution in [0.15, 0.2) is 17.2 Å². The zero-order valence-corrected chi connectivity index (χ0v) is 6.62. The summed E-state index contributed by atoms with van der Waals surface area (Å²) in [5, 5.41) is 0. The Morgan fingerprint density at radius 1 is 1.67 bits per heavy atom. The van der Waals surface area contributed by atoms with Crippen LogP contribution >= 0.6 is 0 Å². The van der Waals surface area contributed by atoms with Crippen LogP contribution in [-0.4, -0.2) is 23.2 Å². The van der Waals surface area contributed by atoms with Gasteiger partial charge in [-0.05, 0) is 6.42 Å². The predicted octanol–water partition coefficient (Wildman–Crippen LogP) is 0.274. The summed E-state index contributed by atoms with van der Waals surface area (Å²) in [4.78, 5) is 17.9. The molecule has 1 aliphatic heterocycles. The molecule has 1 aromatic rings. The van der Waals surface area contributed by atoms with Crippen molar-refractivity contribution in [1.82, 2.24) is 9.97 Å². The molecule has 1 N–H and O–H groups in total. The molecule has 1 aliphatic rings. The minimum Gasteiger partial charge on any atom is -0.381 e. The van der Waals surface area contributed by atoms with E-state index in [1.807, 2.05) is 0 Å². The van der Waals surface area contributed by atoms with E-state index in [9.17, 15) is 4.79 Å². The van der Waals surface area contributed by atoms with E-state index in [2.05, 4.69) is 9.97 Å². The van der Waals surface area contributed by atoms with Crippen LogP contribution in [0.2, 0.25) is 0 Å². The van der Waals surface area contributed by atoms with Crippen LogP contribution in [0, 0.1) is 0 Å². The molecule has 0 amide bonds. The van der Waals surface area contributed by atoms with Gasteiger partial charge in [0.2, 0.25) is 0 Å². The first-order valence-electron chi connectivity index (χ1n) is 3.99. The average Bonchev–Trinajstić information content (AvgIpc) is 2.57. The summed E-state index contributed by atoms with van der Waals surface area (Å²) in [6.45, 7) is 1.36. The van der Waals surface area contributed by atoms with Crippen molar-refractivity contribution in [2.24, 2.45) is 0 Å². The van der Waals surface area contributed by atoms with E-state index >= 15 is 0 Å². The molecule has 1 saturated heterocycles. The van der Waals surface area contributed by atoms with Gasteiger partial charge in [-0.25, -0.2) is 0 Å². The molecule has 4 heteroatoms. The van der Waals surface area contributed by atoms with Gasteiger partial charge in [0.05, 0.1) is 6.61 Å². The lowest BCUT2D eigenvalue weighted by Crippen LogP contribution is -2.17. The van der Waals surface area contributed by atoms with Crippen molar-refractivity contribution in [2.75, 3.05) is 13.2 Å². The number of rotatable bonds is 1. The van der Waals surface area contributed by atoms with Gasteiger partial charge in [-0.15, -0.1) is 0 Å². The summed E-state index contributed by atoms with van der Waals surface area (Å²) in [6, 6.07) is 0. The van der Waals surface area contributed by atoms with E-state index in [0.717, 1.165) is 13.0 Å². The summed E-state index contributed by atoms with van der Waals surface area (Å²) in [5.41, 5.74) is 0.517. The molecule has 1 fully saturated rings. The highest BCUT2D eigenvalue weighted by molar-refractivity contribution is 5.05. The zero-order valence-electron chi connectivity index (χ0n) is 6.62. The largest absolute Gasteiger partial charge is 0.381 e. The van der Waals surface area contributed by atoms with Gasteiger partial charge in [-0.1, -0.05) is 0 Å². The minimum atomic E-state index is -0.0898. The Morgan fingerprint density at radius 2 is 2.58 bits per heavy atom. The molecule has 4 nitrogen and oxygen atoms in total. The van der Waals surface area contributed by atoms with Gasteiger partial charge in [-0.3, -0.25) is 9.78 Å². The fraction of sp³-hybridized carbons (Fsp3) is 0.500. The highest BCUT2D eigenvalue weighted by Gasteiger charge is 2.21. The first kappa shape index (κ1) is 7.49. The number of H-pyrrole nitrogens is 1. The Hall–Kier alpha value is -1.16. The molecule has 12 heavy (non-hydrogen) atoms. The van der Waals surface area contributed by atoms with Gasteiger partial charge in [0, 0.05) is 24.9 Å². The second-order valence-corrected chi connectivity index (χ2v) is 2.86. The molecule has 0 aliphatic carbocycles. The van der Waals surface area contributed by atoms with E-state index in [4.69, 9.17) is 4.74 Å². The molecule has 2 heterocycles. The summed E-state index contributed by atoms with van der Waals surface area (Å²) in [6.07, 6.45) is 4.05. The molecule has 0 spiro atoms. The Kier molecular flexibility index (Phi) is 1.91. The smallest absolute Gasteiger partial charge is 0.270 e. The summed E-state index contributed by atoms with van der Waals surface area (Å²) < 4.78 is 5.17. The highest BCUT2D eigenvalue weighted by Crippen LogP contribution is 2.19. The Morgan fingerprint density at radius 3 is 3.25 bits per heavy atom. The number of nitrogens with zero attached hydrogens (tertiary/aromatic N) is 1. The van der Waals surface area contributed by atoms with Gasteiger partial charge < -0.3 is 9.72 Å². The van der Waals surface area contributed by atoms with Crippen LogP contribution in [0.3, 0.4) is 0 Å². The molecule has 0 radical (unpaired) electrons. The van der Waals surface area contributed by atoms with Crippen LogP contribution in [0.4, 0.5) is 0 Å². The summed E-state index contributed by atoms with van der Waals surface area (Å²) >= 11 is 0. The van der Waals surface area contributed by atoms with Crippen molar-refractivity contribution >= 4 is 0 Å². The second-order valence-electron chi connectivity index (χ2n) is 2.86. The molecular weight excluding hydrogens is 156 g/mol. The monoisotopic (exact) mass is 166 g/mol. The maximum Gasteiger partial charge on any atom is 0.270 e. The van der Waals surface area contributed by atoms with E-state index in [0.29, 0.717) is 12.3 Å². The normalized spacial score (nSPS) is 22.8. The molecule has 0 saturated carbocycles. The molecule has 0 aromatic carbocycles. The standard InChI is InChI=1S/C8H10N2O2/c11-8-7(9-2-3-10-8)6-1-4-12-5-6/h2-3,6H,1,4-5H2,(H,10,11). The lowest BCUT2D eigenvalue weighted by molar-refractivity contribution is 0.193. The van der Waals surface area contributed by atoms with Crippen molar-refractivity contribution in [3.63, 3.8) is 0 Å². The Bertz CT molecular complexity index is 315. The Labute approximate surface area is 69.6 Å². The fourth-order valence-corrected chi connectivity index (χ4v) is 1.40. The molecule has 64 valence electrons. The van der Waals surface area contributed by atoms with Gasteiger partial charge >= 0.3 is 0 Å². The van der Waals surface area contributed by atoms with Gasteiger partial charge in [0.25, 0.3) is 5.56 Å². The van der Waals surface area contributed by atoms with E-state index < -0.39 is 0 Å². The van der Waals surface area contributed by atoms with Crippen LogP contribution in [0.5, 0.6) is 0 Å². The second kappa shape index (κ2) is 3.06. The van der Waals surface area contributed by atoms with Gasteiger partial charge in [0.15, 0.2) is 0 Å². The van der Waals surface area contributed by atoms with Gasteiger partial charge in [-0.2, -0.15) is 0 Å². The van der Waals surface area contributed by atoms with Gasteiger partial charge in [0.1, 0.15) is 5.69 Å². The number of aromatic amines is 1. The zero-order chi connectivity index (χ0) is 8.39. The maximum absolute atomic E-state index is 11.2. The lowest BCUT2D eigenvalue weighted by atomic mass is 10.1. The first-order chi connectivity index (χ1) is 5.88. The van der Waals surface area contributed by atoms with Crippen LogP contribution in [-0.2, 0) is 4.74 Å². The third-order valence-electron chi connectivity index (χ3n) is 2.05. The molecule has 1 aromatic heterocycles. The molecule has 1 atom stereocenters. The summed E-state index contributed by atoms with van der Waals surface area (Å²) in [5.74, 6) is 0.190. The number of nitrogens with one attached hydrogen (secondary N) is 1. The van der Waals surface area contributed by atoms with Crippen LogP contribution < -0.4 is 5.56 Å². The van der Waals surface area contributed by atoms with E-state index in [1.165, 1.54) is 0 Å². The van der Waals surface area contributed by atoms with Crippen molar-refractivity contribution in [3.05, 3.63) is 28.4 Å². The topological polar surface area (TPSA) is 55.0 Å². The fourth-order valence-electron chi connectivity index (χ4n) is 1.40. The predicted molar refractivity (Wildman–Crippen MR) is 43.0 cm³/mol. The third kappa shape index (κ3) is 1.25. The lowest BCUT2D eigenvalue weighted by Gasteiger charge is -2.03. The van der Waals surface area contributed by atoms with E-state index in [-0.39, 0.29) is 11.5 Å². The molecule has 0 bridgehead atoms. The number of hydrogen-bond donors (Lipinski definition) is 1. The summed E-state index contributed by atoms with van der Waals surface area (Å²) in [7, 11) is 0. The van der Waals surface area contributed by atoms with Crippen molar-refractivity contribution in [3.8, 4) is 0 Å². The van der Waals surface area contributed by atoms with Crippen LogP contribution in [0.1, 0.15) is 18.0 Å². The number of ether oxygens (including phenoxy) is 1. The molecular formula is C8H10N2O2. The van der Waals surface area contributed by atoms with Crippen molar-refractivity contribution in [2.45, 2.75) is 12.3 Å². The van der Waals surface area contributed by atoms with Crippen LogP contribution in [0.25, 0.3) is 0 Å². The first-order valence-corrected chi connectivity index (χ1v) is 3.99. The third-order valence-corrected chi connectivity index (χ3v) is 2.05. The highest BCUT2D eigenvalue weighted by atomic mass is 16.5. The van der Waals surface area contributed by atoms with Crippen molar-refractivity contribution < 1.29 is 4.74 Å². The molecule has 2 rings (SSSR count). The number of hydrogen-bond acceptors (Lipinski definition) is 3. The number of aromatic nitrogens is 2. The molecule has 1 unspecified atom stereocenters. The quantitative estimate of drug-likeness (QED) is 0.651.